The average Bonchev–Trinajstić information content (AvgIpc) is 2.80. The Morgan fingerprint density at radius 1 is 0.906 bits per heavy atom. The van der Waals surface area contributed by atoms with Gasteiger partial charge in [-0.1, -0.05) is 72.3 Å². The molecule has 0 spiro atoms. The first-order chi connectivity index (χ1) is 15.3. The van der Waals surface area contributed by atoms with E-state index in [1.165, 1.54) is 22.0 Å². The van der Waals surface area contributed by atoms with Crippen molar-refractivity contribution in [1.82, 2.24) is 9.62 Å². The molecular formula is C25H27ClN2O3S. The maximum atomic E-state index is 13.3. The topological polar surface area (TPSA) is 66.5 Å². The maximum Gasteiger partial charge on any atom is 0.243 e. The van der Waals surface area contributed by atoms with Crippen molar-refractivity contribution in [3.63, 3.8) is 0 Å². The van der Waals surface area contributed by atoms with Crippen LogP contribution < -0.4 is 5.32 Å². The Bertz CT molecular complexity index is 1100. The molecule has 1 amide bonds. The second-order valence-electron chi connectivity index (χ2n) is 7.71. The Hall–Kier alpha value is -2.67. The summed E-state index contributed by atoms with van der Waals surface area (Å²) in [5.74, 6) is -0.334. The zero-order valence-corrected chi connectivity index (χ0v) is 19.5. The van der Waals surface area contributed by atoms with E-state index in [1.54, 1.807) is 42.5 Å². The number of carbonyl (C=O) groups is 1. The van der Waals surface area contributed by atoms with Crippen LogP contribution in [0.5, 0.6) is 0 Å². The summed E-state index contributed by atoms with van der Waals surface area (Å²) in [6.45, 7) is 1.73. The van der Waals surface area contributed by atoms with Gasteiger partial charge < -0.3 is 5.32 Å². The number of aryl methyl sites for hydroxylation is 1. The van der Waals surface area contributed by atoms with Gasteiger partial charge >= 0.3 is 0 Å². The van der Waals surface area contributed by atoms with Crippen LogP contribution in [0, 0.1) is 0 Å². The Morgan fingerprint density at radius 2 is 1.50 bits per heavy atom. The third-order valence-corrected chi connectivity index (χ3v) is 7.15. The molecule has 0 bridgehead atoms. The summed E-state index contributed by atoms with van der Waals surface area (Å²) in [5, 5.41) is 3.50. The summed E-state index contributed by atoms with van der Waals surface area (Å²) in [5.41, 5.74) is 1.95. The minimum Gasteiger partial charge on any atom is -0.352 e. The number of halogens is 1. The van der Waals surface area contributed by atoms with Crippen molar-refractivity contribution in [2.24, 2.45) is 0 Å². The third-order valence-electron chi connectivity index (χ3n) is 5.09. The van der Waals surface area contributed by atoms with Gasteiger partial charge in [-0.05, 0) is 55.2 Å². The van der Waals surface area contributed by atoms with E-state index >= 15 is 0 Å². The third kappa shape index (κ3) is 6.92. The van der Waals surface area contributed by atoms with E-state index < -0.39 is 10.0 Å². The molecule has 3 aromatic rings. The first-order valence-corrected chi connectivity index (χ1v) is 12.3. The van der Waals surface area contributed by atoms with Gasteiger partial charge in [-0.3, -0.25) is 4.79 Å². The highest BCUT2D eigenvalue weighted by atomic mass is 35.5. The van der Waals surface area contributed by atoms with Crippen LogP contribution >= 0.6 is 11.6 Å². The van der Waals surface area contributed by atoms with Crippen molar-refractivity contribution >= 4 is 27.5 Å². The van der Waals surface area contributed by atoms with Crippen LogP contribution in [0.2, 0.25) is 5.02 Å². The highest BCUT2D eigenvalue weighted by Gasteiger charge is 2.27. The fraction of sp³-hybridized carbons (Fsp3) is 0.240. The molecule has 0 aliphatic heterocycles. The number of sulfonamides is 1. The number of hydrogen-bond donors (Lipinski definition) is 1. The smallest absolute Gasteiger partial charge is 0.243 e. The minimum absolute atomic E-state index is 0.0697. The molecule has 0 radical (unpaired) electrons. The molecule has 0 unspecified atom stereocenters. The van der Waals surface area contributed by atoms with Gasteiger partial charge in [-0.2, -0.15) is 4.31 Å². The van der Waals surface area contributed by atoms with Crippen LogP contribution in [0.1, 0.15) is 24.5 Å². The first-order valence-electron chi connectivity index (χ1n) is 10.5. The molecule has 7 heteroatoms. The van der Waals surface area contributed by atoms with Gasteiger partial charge in [0.05, 0.1) is 11.4 Å². The second-order valence-corrected chi connectivity index (χ2v) is 10.1. The SMILES string of the molecule is C[C@@H](CCc1ccccc1)NC(=O)CN(Cc1ccc(Cl)cc1)S(=O)(=O)c1ccccc1. The molecule has 3 aromatic carbocycles. The Morgan fingerprint density at radius 3 is 2.12 bits per heavy atom. The maximum absolute atomic E-state index is 13.3. The average molecular weight is 471 g/mol. The summed E-state index contributed by atoms with van der Waals surface area (Å²) in [4.78, 5) is 12.9. The van der Waals surface area contributed by atoms with E-state index in [1.807, 2.05) is 25.1 Å². The molecule has 0 saturated carbocycles. The van der Waals surface area contributed by atoms with Crippen molar-refractivity contribution in [1.29, 1.82) is 0 Å². The molecule has 168 valence electrons. The van der Waals surface area contributed by atoms with E-state index in [4.69, 9.17) is 11.6 Å². The zero-order chi connectivity index (χ0) is 23.0. The predicted octanol–water partition coefficient (Wildman–Crippen LogP) is 4.67. The van der Waals surface area contributed by atoms with Gasteiger partial charge in [0, 0.05) is 17.6 Å². The summed E-state index contributed by atoms with van der Waals surface area (Å²) in [7, 11) is -3.86. The monoisotopic (exact) mass is 470 g/mol. The van der Waals surface area contributed by atoms with Crippen LogP contribution in [-0.4, -0.2) is 31.2 Å². The number of carbonyl (C=O) groups excluding carboxylic acids is 1. The number of hydrogen-bond acceptors (Lipinski definition) is 3. The summed E-state index contributed by atoms with van der Waals surface area (Å²) in [6, 6.07) is 25.0. The van der Waals surface area contributed by atoms with Crippen LogP contribution in [0.15, 0.2) is 89.8 Å². The van der Waals surface area contributed by atoms with E-state index in [2.05, 4.69) is 17.4 Å². The Kier molecular flexibility index (Phi) is 8.45. The second kappa shape index (κ2) is 11.3. The number of benzene rings is 3. The minimum atomic E-state index is -3.86. The summed E-state index contributed by atoms with van der Waals surface area (Å²) >= 11 is 5.95. The molecule has 1 atom stereocenters. The fourth-order valence-corrected chi connectivity index (χ4v) is 4.87. The van der Waals surface area contributed by atoms with Crippen molar-refractivity contribution in [2.75, 3.05) is 6.54 Å². The lowest BCUT2D eigenvalue weighted by Crippen LogP contribution is -2.43. The van der Waals surface area contributed by atoms with Gasteiger partial charge in [-0.25, -0.2) is 8.42 Å². The highest BCUT2D eigenvalue weighted by molar-refractivity contribution is 7.89. The Labute approximate surface area is 195 Å². The molecule has 1 N–H and O–H groups in total. The summed E-state index contributed by atoms with van der Waals surface area (Å²) in [6.07, 6.45) is 1.59. The molecule has 0 fully saturated rings. The fourth-order valence-electron chi connectivity index (χ4n) is 3.34. The van der Waals surface area contributed by atoms with Crippen molar-refractivity contribution in [3.05, 3.63) is 101 Å². The first kappa shape index (κ1) is 24.0. The molecule has 0 aliphatic rings. The molecule has 5 nitrogen and oxygen atoms in total. The molecule has 0 saturated heterocycles. The summed E-state index contributed by atoms with van der Waals surface area (Å²) < 4.78 is 27.7. The molecule has 0 aromatic heterocycles. The molecule has 0 aliphatic carbocycles. The lowest BCUT2D eigenvalue weighted by atomic mass is 10.1. The van der Waals surface area contributed by atoms with Gasteiger partial charge in [0.1, 0.15) is 0 Å². The normalized spacial score (nSPS) is 12.5. The molecular weight excluding hydrogens is 444 g/mol. The number of nitrogens with zero attached hydrogens (tertiary/aromatic N) is 1. The molecule has 32 heavy (non-hydrogen) atoms. The predicted molar refractivity (Wildman–Crippen MR) is 128 cm³/mol. The largest absolute Gasteiger partial charge is 0.352 e. The Balaban J connectivity index is 1.70. The van der Waals surface area contributed by atoms with Gasteiger partial charge in [0.2, 0.25) is 15.9 Å². The number of rotatable bonds is 10. The molecule has 3 rings (SSSR count). The van der Waals surface area contributed by atoms with E-state index in [9.17, 15) is 13.2 Å². The van der Waals surface area contributed by atoms with E-state index in [-0.39, 0.29) is 29.9 Å². The van der Waals surface area contributed by atoms with Crippen LogP contribution in [0.25, 0.3) is 0 Å². The van der Waals surface area contributed by atoms with Crippen LogP contribution in [0.3, 0.4) is 0 Å². The van der Waals surface area contributed by atoms with Crippen molar-refractivity contribution in [2.45, 2.75) is 37.2 Å². The quantitative estimate of drug-likeness (QED) is 0.468. The van der Waals surface area contributed by atoms with E-state index in [0.29, 0.717) is 5.02 Å². The molecule has 0 heterocycles. The zero-order valence-electron chi connectivity index (χ0n) is 17.9. The number of nitrogens with one attached hydrogen (secondary N) is 1. The lowest BCUT2D eigenvalue weighted by molar-refractivity contribution is -0.122. The van der Waals surface area contributed by atoms with E-state index in [0.717, 1.165) is 18.4 Å². The van der Waals surface area contributed by atoms with Crippen LogP contribution in [0.4, 0.5) is 0 Å². The van der Waals surface area contributed by atoms with Crippen molar-refractivity contribution in [3.8, 4) is 0 Å². The van der Waals surface area contributed by atoms with Gasteiger partial charge in [-0.15, -0.1) is 0 Å². The number of amides is 1. The lowest BCUT2D eigenvalue weighted by Gasteiger charge is -2.23. The van der Waals surface area contributed by atoms with Crippen molar-refractivity contribution < 1.29 is 13.2 Å². The van der Waals surface area contributed by atoms with Gasteiger partial charge in [0.25, 0.3) is 0 Å². The van der Waals surface area contributed by atoms with Crippen LogP contribution in [-0.2, 0) is 27.8 Å². The standard InChI is InChI=1S/C25H27ClN2O3S/c1-20(12-13-21-8-4-2-5-9-21)27-25(29)19-28(18-22-14-16-23(26)17-15-22)32(30,31)24-10-6-3-7-11-24/h2-11,14-17,20H,12-13,18-19H2,1H3,(H,27,29)/t20-/m0/s1. The highest BCUT2D eigenvalue weighted by Crippen LogP contribution is 2.19. The van der Waals surface area contributed by atoms with Gasteiger partial charge in [0.15, 0.2) is 0 Å².